The van der Waals surface area contributed by atoms with Crippen molar-refractivity contribution in [2.75, 3.05) is 19.5 Å². The van der Waals surface area contributed by atoms with Crippen molar-refractivity contribution in [3.8, 4) is 5.75 Å². The van der Waals surface area contributed by atoms with Crippen LogP contribution in [0.25, 0.3) is 0 Å². The third-order valence-corrected chi connectivity index (χ3v) is 3.92. The standard InChI is InChI=1S/C15H23N3O2/c1-18(14-9-4-3-8-13(14)16)15(19)17-11-6-5-7-12(10-11)20-2/h5-7,10,13-14H,3-4,8-9,16H2,1-2H3,(H,17,19). The summed E-state index contributed by atoms with van der Waals surface area (Å²) in [6, 6.07) is 7.40. The number of nitrogens with zero attached hydrogens (tertiary/aromatic N) is 1. The molecular formula is C15H23N3O2. The number of nitrogens with one attached hydrogen (secondary N) is 1. The topological polar surface area (TPSA) is 67.6 Å². The SMILES string of the molecule is COc1cccc(NC(=O)N(C)C2CCCCC2N)c1. The van der Waals surface area contributed by atoms with E-state index in [-0.39, 0.29) is 18.1 Å². The number of hydrogen-bond donors (Lipinski definition) is 2. The number of amides is 2. The van der Waals surface area contributed by atoms with Crippen molar-refractivity contribution in [2.45, 2.75) is 37.8 Å². The van der Waals surface area contributed by atoms with Crippen LogP contribution in [0.1, 0.15) is 25.7 Å². The number of benzene rings is 1. The van der Waals surface area contributed by atoms with E-state index in [1.807, 2.05) is 25.2 Å². The molecule has 2 amide bonds. The summed E-state index contributed by atoms with van der Waals surface area (Å²) in [5.41, 5.74) is 6.84. The molecule has 1 aliphatic rings. The number of nitrogens with two attached hydrogens (primary N) is 1. The van der Waals surface area contributed by atoms with Gasteiger partial charge in [0, 0.05) is 30.9 Å². The molecule has 0 aliphatic heterocycles. The summed E-state index contributed by atoms with van der Waals surface area (Å²) in [5, 5.41) is 2.89. The van der Waals surface area contributed by atoms with E-state index in [2.05, 4.69) is 5.32 Å². The Morgan fingerprint density at radius 1 is 1.40 bits per heavy atom. The molecule has 5 nitrogen and oxygen atoms in total. The van der Waals surface area contributed by atoms with E-state index in [0.29, 0.717) is 0 Å². The summed E-state index contributed by atoms with van der Waals surface area (Å²) in [4.78, 5) is 14.0. The second-order valence-electron chi connectivity index (χ2n) is 5.29. The number of hydrogen-bond acceptors (Lipinski definition) is 3. The van der Waals surface area contributed by atoms with Gasteiger partial charge in [0.1, 0.15) is 5.75 Å². The van der Waals surface area contributed by atoms with Crippen molar-refractivity contribution in [3.05, 3.63) is 24.3 Å². The number of anilines is 1. The first kappa shape index (κ1) is 14.7. The van der Waals surface area contributed by atoms with E-state index in [0.717, 1.165) is 37.1 Å². The second-order valence-corrected chi connectivity index (χ2v) is 5.29. The Balaban J connectivity index is 1.99. The molecule has 110 valence electrons. The highest BCUT2D eigenvalue weighted by atomic mass is 16.5. The highest BCUT2D eigenvalue weighted by Gasteiger charge is 2.28. The maximum atomic E-state index is 12.3. The predicted molar refractivity (Wildman–Crippen MR) is 80.0 cm³/mol. The van der Waals surface area contributed by atoms with Crippen LogP contribution < -0.4 is 15.8 Å². The molecule has 0 aromatic heterocycles. The van der Waals surface area contributed by atoms with Gasteiger partial charge in [0.15, 0.2) is 0 Å². The number of carbonyl (C=O) groups excluding carboxylic acids is 1. The number of urea groups is 1. The molecule has 20 heavy (non-hydrogen) atoms. The Bertz CT molecular complexity index is 464. The molecule has 2 atom stereocenters. The van der Waals surface area contributed by atoms with Crippen LogP contribution in [0.2, 0.25) is 0 Å². The van der Waals surface area contributed by atoms with E-state index in [1.165, 1.54) is 0 Å². The van der Waals surface area contributed by atoms with Crippen molar-refractivity contribution in [3.63, 3.8) is 0 Å². The molecule has 1 fully saturated rings. The lowest BCUT2D eigenvalue weighted by atomic mass is 9.90. The molecule has 1 aliphatic carbocycles. The van der Waals surface area contributed by atoms with Gasteiger partial charge in [0.25, 0.3) is 0 Å². The summed E-state index contributed by atoms with van der Waals surface area (Å²) < 4.78 is 5.15. The molecule has 5 heteroatoms. The van der Waals surface area contributed by atoms with E-state index in [1.54, 1.807) is 18.1 Å². The molecular weight excluding hydrogens is 254 g/mol. The average Bonchev–Trinajstić information content (AvgIpc) is 2.47. The van der Waals surface area contributed by atoms with Crippen molar-refractivity contribution < 1.29 is 9.53 Å². The number of carbonyl (C=O) groups is 1. The van der Waals surface area contributed by atoms with Crippen LogP contribution >= 0.6 is 0 Å². The van der Waals surface area contributed by atoms with E-state index >= 15 is 0 Å². The van der Waals surface area contributed by atoms with Gasteiger partial charge in [0.05, 0.1) is 7.11 Å². The lowest BCUT2D eigenvalue weighted by Crippen LogP contribution is -2.51. The van der Waals surface area contributed by atoms with Crippen LogP contribution in [-0.4, -0.2) is 37.2 Å². The zero-order valence-electron chi connectivity index (χ0n) is 12.1. The minimum atomic E-state index is -0.124. The van der Waals surface area contributed by atoms with E-state index < -0.39 is 0 Å². The van der Waals surface area contributed by atoms with Gasteiger partial charge in [-0.05, 0) is 25.0 Å². The maximum Gasteiger partial charge on any atom is 0.321 e. The van der Waals surface area contributed by atoms with Gasteiger partial charge in [-0.2, -0.15) is 0 Å². The summed E-state index contributed by atoms with van der Waals surface area (Å²) in [6.45, 7) is 0. The number of ether oxygens (including phenoxy) is 1. The summed E-state index contributed by atoms with van der Waals surface area (Å²) in [6.07, 6.45) is 4.25. The van der Waals surface area contributed by atoms with Crippen LogP contribution in [0.3, 0.4) is 0 Å². The number of rotatable bonds is 3. The minimum Gasteiger partial charge on any atom is -0.497 e. The zero-order valence-corrected chi connectivity index (χ0v) is 12.1. The maximum absolute atomic E-state index is 12.3. The third-order valence-electron chi connectivity index (χ3n) is 3.92. The summed E-state index contributed by atoms with van der Waals surface area (Å²) in [5.74, 6) is 0.722. The highest BCUT2D eigenvalue weighted by Crippen LogP contribution is 2.22. The normalized spacial score (nSPS) is 22.1. The van der Waals surface area contributed by atoms with Gasteiger partial charge in [-0.25, -0.2) is 4.79 Å². The molecule has 0 bridgehead atoms. The summed E-state index contributed by atoms with van der Waals surface area (Å²) in [7, 11) is 3.42. The first-order chi connectivity index (χ1) is 9.61. The fourth-order valence-electron chi connectivity index (χ4n) is 2.68. The van der Waals surface area contributed by atoms with Gasteiger partial charge in [0.2, 0.25) is 0 Å². The molecule has 0 radical (unpaired) electrons. The fourth-order valence-corrected chi connectivity index (χ4v) is 2.68. The number of likely N-dealkylation sites (N-methyl/N-ethyl adjacent to an activating group) is 1. The Kier molecular flexibility index (Phi) is 4.84. The van der Waals surface area contributed by atoms with E-state index in [4.69, 9.17) is 10.5 Å². The molecule has 1 aromatic carbocycles. The molecule has 1 aromatic rings. The van der Waals surface area contributed by atoms with Crippen molar-refractivity contribution in [1.82, 2.24) is 4.90 Å². The monoisotopic (exact) mass is 277 g/mol. The zero-order chi connectivity index (χ0) is 14.5. The quantitative estimate of drug-likeness (QED) is 0.891. The first-order valence-electron chi connectivity index (χ1n) is 7.05. The third kappa shape index (κ3) is 3.42. The molecule has 0 heterocycles. The Hall–Kier alpha value is -1.75. The van der Waals surface area contributed by atoms with Crippen LogP contribution in [0.5, 0.6) is 5.75 Å². The van der Waals surface area contributed by atoms with Crippen molar-refractivity contribution in [2.24, 2.45) is 5.73 Å². The Labute approximate surface area is 120 Å². The molecule has 0 saturated heterocycles. The molecule has 2 rings (SSSR count). The van der Waals surface area contributed by atoms with Gasteiger partial charge < -0.3 is 20.7 Å². The van der Waals surface area contributed by atoms with Crippen LogP contribution in [0.4, 0.5) is 10.5 Å². The van der Waals surface area contributed by atoms with Gasteiger partial charge in [-0.15, -0.1) is 0 Å². The predicted octanol–water partition coefficient (Wildman–Crippen LogP) is 2.43. The molecule has 1 saturated carbocycles. The first-order valence-corrected chi connectivity index (χ1v) is 7.05. The van der Waals surface area contributed by atoms with Crippen LogP contribution in [0, 0.1) is 0 Å². The Morgan fingerprint density at radius 3 is 2.85 bits per heavy atom. The molecule has 2 unspecified atom stereocenters. The van der Waals surface area contributed by atoms with Crippen molar-refractivity contribution in [1.29, 1.82) is 0 Å². The van der Waals surface area contributed by atoms with E-state index in [9.17, 15) is 4.79 Å². The van der Waals surface area contributed by atoms with Gasteiger partial charge in [-0.3, -0.25) is 0 Å². The van der Waals surface area contributed by atoms with Gasteiger partial charge >= 0.3 is 6.03 Å². The summed E-state index contributed by atoms with van der Waals surface area (Å²) >= 11 is 0. The minimum absolute atomic E-state index is 0.0739. The van der Waals surface area contributed by atoms with Crippen molar-refractivity contribution >= 4 is 11.7 Å². The lowest BCUT2D eigenvalue weighted by molar-refractivity contribution is 0.174. The largest absolute Gasteiger partial charge is 0.497 e. The highest BCUT2D eigenvalue weighted by molar-refractivity contribution is 5.89. The molecule has 3 N–H and O–H groups in total. The Morgan fingerprint density at radius 2 is 2.15 bits per heavy atom. The average molecular weight is 277 g/mol. The fraction of sp³-hybridized carbons (Fsp3) is 0.533. The van der Waals surface area contributed by atoms with Crippen LogP contribution in [-0.2, 0) is 0 Å². The van der Waals surface area contributed by atoms with Gasteiger partial charge in [-0.1, -0.05) is 18.9 Å². The second kappa shape index (κ2) is 6.61. The van der Waals surface area contributed by atoms with Crippen LogP contribution in [0.15, 0.2) is 24.3 Å². The number of methoxy groups -OCH3 is 1. The lowest BCUT2D eigenvalue weighted by Gasteiger charge is -2.35. The molecule has 0 spiro atoms. The smallest absolute Gasteiger partial charge is 0.321 e.